The zero-order valence-corrected chi connectivity index (χ0v) is 11.1. The first-order valence-corrected chi connectivity index (χ1v) is 6.59. The molecule has 1 aromatic heterocycles. The SMILES string of the molecule is CCc1ccc(-c2cnc(NCCCO)nc2)cc1. The molecule has 19 heavy (non-hydrogen) atoms. The standard InChI is InChI=1S/C15H19N3O/c1-2-12-4-6-13(7-5-12)14-10-17-15(18-11-14)16-8-3-9-19/h4-7,10-11,19H,2-3,8-9H2,1H3,(H,16,17,18). The third-order valence-electron chi connectivity index (χ3n) is 2.97. The first kappa shape index (κ1) is 13.5. The molecule has 0 radical (unpaired) electrons. The molecular weight excluding hydrogens is 238 g/mol. The fraction of sp³-hybridized carbons (Fsp3) is 0.333. The molecule has 2 rings (SSSR count). The van der Waals surface area contributed by atoms with Crippen molar-refractivity contribution in [1.29, 1.82) is 0 Å². The minimum absolute atomic E-state index is 0.175. The maximum Gasteiger partial charge on any atom is 0.222 e. The van der Waals surface area contributed by atoms with Crippen LogP contribution in [0.25, 0.3) is 11.1 Å². The van der Waals surface area contributed by atoms with Crippen molar-refractivity contribution < 1.29 is 5.11 Å². The zero-order valence-electron chi connectivity index (χ0n) is 11.1. The van der Waals surface area contributed by atoms with E-state index in [-0.39, 0.29) is 6.61 Å². The van der Waals surface area contributed by atoms with Gasteiger partial charge >= 0.3 is 0 Å². The summed E-state index contributed by atoms with van der Waals surface area (Å²) < 4.78 is 0. The topological polar surface area (TPSA) is 58.0 Å². The van der Waals surface area contributed by atoms with Gasteiger partial charge in [-0.15, -0.1) is 0 Å². The Hall–Kier alpha value is -1.94. The van der Waals surface area contributed by atoms with E-state index >= 15 is 0 Å². The lowest BCUT2D eigenvalue weighted by Gasteiger charge is -2.05. The van der Waals surface area contributed by atoms with E-state index in [1.165, 1.54) is 5.56 Å². The average molecular weight is 257 g/mol. The molecule has 0 aliphatic heterocycles. The minimum Gasteiger partial charge on any atom is -0.396 e. The summed E-state index contributed by atoms with van der Waals surface area (Å²) in [5.41, 5.74) is 3.46. The number of aliphatic hydroxyl groups excluding tert-OH is 1. The van der Waals surface area contributed by atoms with Gasteiger partial charge in [-0.25, -0.2) is 9.97 Å². The smallest absolute Gasteiger partial charge is 0.222 e. The Balaban J connectivity index is 2.04. The highest BCUT2D eigenvalue weighted by atomic mass is 16.3. The Morgan fingerprint density at radius 2 is 1.74 bits per heavy atom. The van der Waals surface area contributed by atoms with Crippen molar-refractivity contribution >= 4 is 5.95 Å². The molecule has 100 valence electrons. The largest absolute Gasteiger partial charge is 0.396 e. The summed E-state index contributed by atoms with van der Waals surface area (Å²) in [6.45, 7) is 3.00. The van der Waals surface area contributed by atoms with E-state index in [1.54, 1.807) is 0 Å². The van der Waals surface area contributed by atoms with Gasteiger partial charge in [0.1, 0.15) is 0 Å². The average Bonchev–Trinajstić information content (AvgIpc) is 2.48. The fourth-order valence-corrected chi connectivity index (χ4v) is 1.78. The van der Waals surface area contributed by atoms with Crippen LogP contribution >= 0.6 is 0 Å². The Morgan fingerprint density at radius 3 is 2.32 bits per heavy atom. The third-order valence-corrected chi connectivity index (χ3v) is 2.97. The number of nitrogens with one attached hydrogen (secondary N) is 1. The summed E-state index contributed by atoms with van der Waals surface area (Å²) in [6, 6.07) is 8.44. The van der Waals surface area contributed by atoms with E-state index in [4.69, 9.17) is 5.11 Å². The van der Waals surface area contributed by atoms with Gasteiger partial charge < -0.3 is 10.4 Å². The lowest BCUT2D eigenvalue weighted by atomic mass is 10.1. The van der Waals surface area contributed by atoms with Crippen LogP contribution in [0.5, 0.6) is 0 Å². The van der Waals surface area contributed by atoms with Crippen LogP contribution in [0.3, 0.4) is 0 Å². The molecular formula is C15H19N3O. The molecule has 1 aromatic carbocycles. The Morgan fingerprint density at radius 1 is 1.05 bits per heavy atom. The van der Waals surface area contributed by atoms with Crippen LogP contribution in [0.15, 0.2) is 36.7 Å². The van der Waals surface area contributed by atoms with Gasteiger partial charge in [-0.05, 0) is 24.0 Å². The molecule has 0 saturated carbocycles. The maximum absolute atomic E-state index is 8.70. The first-order chi connectivity index (χ1) is 9.33. The monoisotopic (exact) mass is 257 g/mol. The molecule has 2 N–H and O–H groups in total. The van der Waals surface area contributed by atoms with E-state index in [0.29, 0.717) is 18.9 Å². The van der Waals surface area contributed by atoms with E-state index in [0.717, 1.165) is 17.5 Å². The first-order valence-electron chi connectivity index (χ1n) is 6.59. The van der Waals surface area contributed by atoms with Crippen molar-refractivity contribution in [2.24, 2.45) is 0 Å². The number of benzene rings is 1. The molecule has 1 heterocycles. The highest BCUT2D eigenvalue weighted by Gasteiger charge is 2.00. The minimum atomic E-state index is 0.175. The number of aryl methyl sites for hydroxylation is 1. The second-order valence-electron chi connectivity index (χ2n) is 4.35. The summed E-state index contributed by atoms with van der Waals surface area (Å²) >= 11 is 0. The van der Waals surface area contributed by atoms with Crippen LogP contribution in [0.2, 0.25) is 0 Å². The summed E-state index contributed by atoms with van der Waals surface area (Å²) in [4.78, 5) is 8.53. The molecule has 0 saturated heterocycles. The van der Waals surface area contributed by atoms with Crippen LogP contribution in [0.1, 0.15) is 18.9 Å². The number of nitrogens with zero attached hydrogens (tertiary/aromatic N) is 2. The molecule has 0 aliphatic carbocycles. The van der Waals surface area contributed by atoms with E-state index < -0.39 is 0 Å². The van der Waals surface area contributed by atoms with Gasteiger partial charge in [0, 0.05) is 31.1 Å². The molecule has 0 bridgehead atoms. The van der Waals surface area contributed by atoms with Gasteiger partial charge in [-0.3, -0.25) is 0 Å². The number of aromatic nitrogens is 2. The Labute approximate surface area is 113 Å². The summed E-state index contributed by atoms with van der Waals surface area (Å²) in [5.74, 6) is 0.599. The van der Waals surface area contributed by atoms with Gasteiger partial charge in [-0.2, -0.15) is 0 Å². The summed E-state index contributed by atoms with van der Waals surface area (Å²) in [7, 11) is 0. The van der Waals surface area contributed by atoms with Crippen LogP contribution in [0, 0.1) is 0 Å². The van der Waals surface area contributed by atoms with Crippen molar-refractivity contribution in [2.45, 2.75) is 19.8 Å². The normalized spacial score (nSPS) is 10.4. The maximum atomic E-state index is 8.70. The second kappa shape index (κ2) is 6.85. The van der Waals surface area contributed by atoms with Crippen LogP contribution in [0.4, 0.5) is 5.95 Å². The molecule has 0 amide bonds. The Kier molecular flexibility index (Phi) is 4.86. The van der Waals surface area contributed by atoms with Crippen LogP contribution in [-0.2, 0) is 6.42 Å². The van der Waals surface area contributed by atoms with Crippen LogP contribution in [-0.4, -0.2) is 28.2 Å². The van der Waals surface area contributed by atoms with Crippen molar-refractivity contribution in [3.05, 3.63) is 42.2 Å². The quantitative estimate of drug-likeness (QED) is 0.781. The predicted molar refractivity (Wildman–Crippen MR) is 77.0 cm³/mol. The van der Waals surface area contributed by atoms with E-state index in [9.17, 15) is 0 Å². The number of anilines is 1. The Bertz CT molecular complexity index is 494. The van der Waals surface area contributed by atoms with Gasteiger partial charge in [-0.1, -0.05) is 31.2 Å². The number of hydrogen-bond acceptors (Lipinski definition) is 4. The molecule has 0 aliphatic rings. The van der Waals surface area contributed by atoms with Crippen LogP contribution < -0.4 is 5.32 Å². The molecule has 0 fully saturated rings. The highest BCUT2D eigenvalue weighted by Crippen LogP contribution is 2.18. The highest BCUT2D eigenvalue weighted by molar-refractivity contribution is 5.62. The lowest BCUT2D eigenvalue weighted by molar-refractivity contribution is 0.292. The molecule has 4 heteroatoms. The molecule has 0 atom stereocenters. The van der Waals surface area contributed by atoms with Crippen molar-refractivity contribution in [2.75, 3.05) is 18.5 Å². The summed E-state index contributed by atoms with van der Waals surface area (Å²) in [6.07, 6.45) is 5.37. The predicted octanol–water partition coefficient (Wildman–Crippen LogP) is 2.50. The van der Waals surface area contributed by atoms with E-state index in [2.05, 4.69) is 46.5 Å². The third kappa shape index (κ3) is 3.76. The molecule has 0 spiro atoms. The van der Waals surface area contributed by atoms with Crippen molar-refractivity contribution in [1.82, 2.24) is 9.97 Å². The summed E-state index contributed by atoms with van der Waals surface area (Å²) in [5, 5.41) is 11.8. The van der Waals surface area contributed by atoms with E-state index in [1.807, 2.05) is 12.4 Å². The molecule has 2 aromatic rings. The van der Waals surface area contributed by atoms with Gasteiger partial charge in [0.25, 0.3) is 0 Å². The van der Waals surface area contributed by atoms with Crippen molar-refractivity contribution in [3.63, 3.8) is 0 Å². The van der Waals surface area contributed by atoms with Gasteiger partial charge in [0.05, 0.1) is 0 Å². The fourth-order valence-electron chi connectivity index (χ4n) is 1.78. The lowest BCUT2D eigenvalue weighted by Crippen LogP contribution is -2.06. The van der Waals surface area contributed by atoms with Crippen molar-refractivity contribution in [3.8, 4) is 11.1 Å². The number of aliphatic hydroxyl groups is 1. The molecule has 0 unspecified atom stereocenters. The molecule has 4 nitrogen and oxygen atoms in total. The number of hydrogen-bond donors (Lipinski definition) is 2. The zero-order chi connectivity index (χ0) is 13.5. The number of rotatable bonds is 6. The van der Waals surface area contributed by atoms with Gasteiger partial charge in [0.15, 0.2) is 0 Å². The van der Waals surface area contributed by atoms with Gasteiger partial charge in [0.2, 0.25) is 5.95 Å². The second-order valence-corrected chi connectivity index (χ2v) is 4.35.